The molecule has 4 nitrogen and oxygen atoms in total. The maximum Gasteiger partial charge on any atom is 0.148 e. The summed E-state index contributed by atoms with van der Waals surface area (Å²) >= 11 is 9.24. The minimum atomic E-state index is -0.00311. The first-order valence-corrected chi connectivity index (χ1v) is 6.85. The van der Waals surface area contributed by atoms with Gasteiger partial charge in [0.05, 0.1) is 11.1 Å². The average Bonchev–Trinajstić information content (AvgIpc) is 2.81. The number of aromatic nitrogens is 2. The number of nitrogens with zero attached hydrogens (tertiary/aromatic N) is 2. The summed E-state index contributed by atoms with van der Waals surface area (Å²) in [5.41, 5.74) is -0.00311. The lowest BCUT2D eigenvalue weighted by Crippen LogP contribution is -2.30. The lowest BCUT2D eigenvalue weighted by atomic mass is 9.87. The monoisotopic (exact) mass is 319 g/mol. The quantitative estimate of drug-likeness (QED) is 0.838. The van der Waals surface area contributed by atoms with Gasteiger partial charge < -0.3 is 10.4 Å². The fourth-order valence-electron chi connectivity index (χ4n) is 2.26. The average molecular weight is 321 g/mol. The van der Waals surface area contributed by atoms with E-state index >= 15 is 0 Å². The molecule has 1 aromatic rings. The highest BCUT2D eigenvalue weighted by Crippen LogP contribution is 2.38. The second-order valence-corrected chi connectivity index (χ2v) is 5.70. The molecule has 1 heterocycles. The number of nitrogens with one attached hydrogen (secondary N) is 1. The Morgan fingerprint density at radius 2 is 2.12 bits per heavy atom. The fraction of sp³-hybridized carbons (Fsp3) is 0.636. The van der Waals surface area contributed by atoms with E-state index in [1.807, 2.05) is 0 Å². The molecule has 2 N–H and O–H groups in total. The molecule has 0 aliphatic heterocycles. The van der Waals surface area contributed by atoms with Crippen LogP contribution in [-0.2, 0) is 0 Å². The zero-order valence-corrected chi connectivity index (χ0v) is 11.8. The minimum absolute atomic E-state index is 0.00311. The van der Waals surface area contributed by atoms with Crippen molar-refractivity contribution in [1.82, 2.24) is 9.97 Å². The maximum absolute atomic E-state index is 9.51. The Hall–Kier alpha value is -0.390. The third-order valence-corrected chi connectivity index (χ3v) is 4.64. The summed E-state index contributed by atoms with van der Waals surface area (Å²) < 4.78 is 0.674. The van der Waals surface area contributed by atoms with E-state index in [1.54, 1.807) is 0 Å². The van der Waals surface area contributed by atoms with Gasteiger partial charge in [0.1, 0.15) is 17.3 Å². The first-order valence-electron chi connectivity index (χ1n) is 5.68. The summed E-state index contributed by atoms with van der Waals surface area (Å²) in [6.45, 7) is 0.936. The highest BCUT2D eigenvalue weighted by atomic mass is 79.9. The molecule has 1 saturated carbocycles. The van der Waals surface area contributed by atoms with Crippen LogP contribution in [0, 0.1) is 5.41 Å². The van der Waals surface area contributed by atoms with Gasteiger partial charge in [0.15, 0.2) is 0 Å². The fourth-order valence-corrected chi connectivity index (χ4v) is 2.74. The normalized spacial score (nSPS) is 18.3. The smallest absolute Gasteiger partial charge is 0.148 e. The van der Waals surface area contributed by atoms with Gasteiger partial charge in [0.25, 0.3) is 0 Å². The molecule has 0 amide bonds. The van der Waals surface area contributed by atoms with Crippen LogP contribution in [0.2, 0.25) is 5.15 Å². The van der Waals surface area contributed by atoms with Crippen LogP contribution in [0.25, 0.3) is 0 Å². The molecule has 0 atom stereocenters. The van der Waals surface area contributed by atoms with Crippen molar-refractivity contribution in [2.24, 2.45) is 5.41 Å². The van der Waals surface area contributed by atoms with Crippen molar-refractivity contribution >= 4 is 33.3 Å². The molecular weight excluding hydrogens is 305 g/mol. The number of aliphatic hydroxyl groups is 1. The summed E-state index contributed by atoms with van der Waals surface area (Å²) in [4.78, 5) is 8.00. The number of hydrogen-bond acceptors (Lipinski definition) is 4. The summed E-state index contributed by atoms with van der Waals surface area (Å²) in [6, 6.07) is 0. The Bertz CT molecular complexity index is 396. The first-order chi connectivity index (χ1) is 8.17. The van der Waals surface area contributed by atoms with E-state index in [0.29, 0.717) is 15.4 Å². The SMILES string of the molecule is OCC1(CNc2ncnc(Cl)c2Br)CCCC1. The highest BCUT2D eigenvalue weighted by Gasteiger charge is 2.33. The Balaban J connectivity index is 2.04. The molecule has 1 aliphatic rings. The van der Waals surface area contributed by atoms with Crippen LogP contribution in [-0.4, -0.2) is 28.2 Å². The zero-order valence-electron chi connectivity index (χ0n) is 9.42. The molecule has 0 aromatic carbocycles. The summed E-state index contributed by atoms with van der Waals surface area (Å²) in [6.07, 6.45) is 5.93. The topological polar surface area (TPSA) is 58.0 Å². The molecule has 17 heavy (non-hydrogen) atoms. The van der Waals surface area contributed by atoms with E-state index in [-0.39, 0.29) is 12.0 Å². The van der Waals surface area contributed by atoms with E-state index in [0.717, 1.165) is 19.4 Å². The van der Waals surface area contributed by atoms with Crippen molar-refractivity contribution in [3.8, 4) is 0 Å². The summed E-state index contributed by atoms with van der Waals surface area (Å²) in [5.74, 6) is 0.685. The lowest BCUT2D eigenvalue weighted by molar-refractivity contribution is 0.142. The van der Waals surface area contributed by atoms with Crippen molar-refractivity contribution in [2.75, 3.05) is 18.5 Å². The zero-order chi connectivity index (χ0) is 12.3. The molecule has 1 aliphatic carbocycles. The van der Waals surface area contributed by atoms with Crippen LogP contribution in [0.1, 0.15) is 25.7 Å². The second kappa shape index (κ2) is 5.50. The predicted octanol–water partition coefficient (Wildman–Crippen LogP) is 2.86. The molecule has 94 valence electrons. The van der Waals surface area contributed by atoms with E-state index in [4.69, 9.17) is 11.6 Å². The third-order valence-electron chi connectivity index (χ3n) is 3.38. The first kappa shape index (κ1) is 13.1. The van der Waals surface area contributed by atoms with Gasteiger partial charge in [0, 0.05) is 12.0 Å². The number of rotatable bonds is 4. The van der Waals surface area contributed by atoms with Crippen molar-refractivity contribution in [3.63, 3.8) is 0 Å². The number of hydrogen-bond donors (Lipinski definition) is 2. The molecule has 0 spiro atoms. The molecule has 0 unspecified atom stereocenters. The molecule has 0 radical (unpaired) electrons. The molecule has 1 aromatic heterocycles. The molecule has 1 fully saturated rings. The largest absolute Gasteiger partial charge is 0.396 e. The third kappa shape index (κ3) is 2.89. The van der Waals surface area contributed by atoms with Crippen molar-refractivity contribution in [1.29, 1.82) is 0 Å². The molecular formula is C11H15BrClN3O. The standard InChI is InChI=1S/C11H15BrClN3O/c12-8-9(13)15-7-16-10(8)14-5-11(6-17)3-1-2-4-11/h7,17H,1-6H2,(H,14,15,16). The van der Waals surface area contributed by atoms with Crippen LogP contribution in [0.4, 0.5) is 5.82 Å². The van der Waals surface area contributed by atoms with Gasteiger partial charge in [-0.15, -0.1) is 0 Å². The Labute approximate surface area is 114 Å². The Kier molecular flexibility index (Phi) is 4.22. The molecule has 2 rings (SSSR count). The van der Waals surface area contributed by atoms with E-state index < -0.39 is 0 Å². The summed E-state index contributed by atoms with van der Waals surface area (Å²) in [5, 5.41) is 13.1. The van der Waals surface area contributed by atoms with Crippen LogP contribution in [0.15, 0.2) is 10.8 Å². The summed E-state index contributed by atoms with van der Waals surface area (Å²) in [7, 11) is 0. The molecule has 0 saturated heterocycles. The van der Waals surface area contributed by atoms with Crippen molar-refractivity contribution in [2.45, 2.75) is 25.7 Å². The van der Waals surface area contributed by atoms with Gasteiger partial charge in [0.2, 0.25) is 0 Å². The number of aliphatic hydroxyl groups excluding tert-OH is 1. The van der Waals surface area contributed by atoms with Crippen molar-refractivity contribution in [3.05, 3.63) is 16.0 Å². The van der Waals surface area contributed by atoms with Crippen LogP contribution in [0.5, 0.6) is 0 Å². The number of halogens is 2. The van der Waals surface area contributed by atoms with E-state index in [9.17, 15) is 5.11 Å². The van der Waals surface area contributed by atoms with Crippen LogP contribution < -0.4 is 5.32 Å². The predicted molar refractivity (Wildman–Crippen MR) is 71.2 cm³/mol. The highest BCUT2D eigenvalue weighted by molar-refractivity contribution is 9.10. The van der Waals surface area contributed by atoms with Gasteiger partial charge in [-0.25, -0.2) is 9.97 Å². The van der Waals surface area contributed by atoms with Crippen LogP contribution >= 0.6 is 27.5 Å². The Morgan fingerprint density at radius 1 is 1.41 bits per heavy atom. The number of anilines is 1. The van der Waals surface area contributed by atoms with Gasteiger partial charge in [-0.3, -0.25) is 0 Å². The van der Waals surface area contributed by atoms with Gasteiger partial charge in [-0.2, -0.15) is 0 Å². The Morgan fingerprint density at radius 3 is 2.76 bits per heavy atom. The van der Waals surface area contributed by atoms with Gasteiger partial charge in [-0.1, -0.05) is 24.4 Å². The van der Waals surface area contributed by atoms with Gasteiger partial charge in [-0.05, 0) is 28.8 Å². The van der Waals surface area contributed by atoms with Crippen molar-refractivity contribution < 1.29 is 5.11 Å². The van der Waals surface area contributed by atoms with Crippen LogP contribution in [0.3, 0.4) is 0 Å². The molecule has 6 heteroatoms. The van der Waals surface area contributed by atoms with Gasteiger partial charge >= 0.3 is 0 Å². The van der Waals surface area contributed by atoms with E-state index in [2.05, 4.69) is 31.2 Å². The lowest BCUT2D eigenvalue weighted by Gasteiger charge is -2.27. The second-order valence-electron chi connectivity index (χ2n) is 4.55. The minimum Gasteiger partial charge on any atom is -0.396 e. The van der Waals surface area contributed by atoms with E-state index in [1.165, 1.54) is 19.2 Å². The molecule has 0 bridgehead atoms. The maximum atomic E-state index is 9.51.